The maximum atomic E-state index is 13.1. The van der Waals surface area contributed by atoms with Gasteiger partial charge in [0, 0.05) is 36.1 Å². The Morgan fingerprint density at radius 3 is 2.68 bits per heavy atom. The highest BCUT2D eigenvalue weighted by molar-refractivity contribution is 6.31. The summed E-state index contributed by atoms with van der Waals surface area (Å²) >= 11 is 5.97. The van der Waals surface area contributed by atoms with Gasteiger partial charge in [0.2, 0.25) is 0 Å². The zero-order valence-electron chi connectivity index (χ0n) is 16.5. The molecule has 0 saturated carbocycles. The summed E-state index contributed by atoms with van der Waals surface area (Å²) in [5.41, 5.74) is 1.72. The molecule has 1 N–H and O–H groups in total. The van der Waals surface area contributed by atoms with E-state index in [4.69, 9.17) is 16.3 Å². The van der Waals surface area contributed by atoms with E-state index in [0.717, 1.165) is 0 Å². The van der Waals surface area contributed by atoms with Crippen LogP contribution < -0.4 is 15.6 Å². The van der Waals surface area contributed by atoms with Crippen molar-refractivity contribution in [2.75, 3.05) is 13.7 Å². The molecule has 0 aliphatic rings. The Morgan fingerprint density at radius 1 is 1.16 bits per heavy atom. The predicted octanol–water partition coefficient (Wildman–Crippen LogP) is 3.39. The van der Waals surface area contributed by atoms with Crippen LogP contribution in [0.2, 0.25) is 5.02 Å². The third-order valence-corrected chi connectivity index (χ3v) is 5.02. The Morgan fingerprint density at radius 2 is 1.94 bits per heavy atom. The van der Waals surface area contributed by atoms with Gasteiger partial charge in [0.1, 0.15) is 17.1 Å². The van der Waals surface area contributed by atoms with Gasteiger partial charge in [-0.05, 0) is 48.5 Å². The number of methoxy groups -OCH3 is 1. The van der Waals surface area contributed by atoms with Crippen molar-refractivity contribution in [1.82, 2.24) is 19.5 Å². The van der Waals surface area contributed by atoms with Crippen molar-refractivity contribution in [3.8, 4) is 17.0 Å². The number of rotatable bonds is 6. The average Bonchev–Trinajstić information content (AvgIpc) is 3.21. The number of carbonyl (C=O) groups is 1. The van der Waals surface area contributed by atoms with Crippen LogP contribution in [0.1, 0.15) is 10.4 Å². The Kier molecular flexibility index (Phi) is 5.73. The minimum atomic E-state index is -0.351. The fourth-order valence-electron chi connectivity index (χ4n) is 3.21. The van der Waals surface area contributed by atoms with Crippen LogP contribution in [0.4, 0.5) is 4.39 Å². The number of nitrogens with zero attached hydrogens (tertiary/aromatic N) is 3. The number of halogens is 2. The van der Waals surface area contributed by atoms with Gasteiger partial charge in [0.05, 0.1) is 18.4 Å². The SMILES string of the molecule is COc1ccc(Cl)cc1C(=O)NCCn1ccn2nc(-c3ccc(F)cc3)cc2c1=O. The normalized spacial score (nSPS) is 10.9. The van der Waals surface area contributed by atoms with Crippen LogP contribution in [0.15, 0.2) is 65.7 Å². The molecule has 0 aliphatic heterocycles. The van der Waals surface area contributed by atoms with Gasteiger partial charge >= 0.3 is 0 Å². The molecule has 4 rings (SSSR count). The lowest BCUT2D eigenvalue weighted by Gasteiger charge is -2.10. The predicted molar refractivity (Wildman–Crippen MR) is 115 cm³/mol. The molecule has 0 bridgehead atoms. The number of ether oxygens (including phenoxy) is 1. The van der Waals surface area contributed by atoms with Gasteiger partial charge in [0.25, 0.3) is 11.5 Å². The van der Waals surface area contributed by atoms with E-state index in [1.807, 2.05) is 0 Å². The molecule has 0 unspecified atom stereocenters. The van der Waals surface area contributed by atoms with E-state index in [9.17, 15) is 14.0 Å². The smallest absolute Gasteiger partial charge is 0.276 e. The van der Waals surface area contributed by atoms with Crippen LogP contribution in [-0.4, -0.2) is 33.7 Å². The average molecular weight is 441 g/mol. The lowest BCUT2D eigenvalue weighted by Crippen LogP contribution is -2.31. The molecule has 0 atom stereocenters. The Bertz CT molecular complexity index is 1310. The highest BCUT2D eigenvalue weighted by Gasteiger charge is 2.13. The lowest BCUT2D eigenvalue weighted by atomic mass is 10.1. The molecule has 158 valence electrons. The maximum Gasteiger partial charge on any atom is 0.276 e. The summed E-state index contributed by atoms with van der Waals surface area (Å²) in [5, 5.41) is 7.56. The van der Waals surface area contributed by atoms with E-state index in [2.05, 4.69) is 10.4 Å². The number of carbonyl (C=O) groups excluding carboxylic acids is 1. The third kappa shape index (κ3) is 4.29. The highest BCUT2D eigenvalue weighted by atomic mass is 35.5. The van der Waals surface area contributed by atoms with E-state index < -0.39 is 0 Å². The molecule has 2 heterocycles. The number of aromatic nitrogens is 3. The second-order valence-corrected chi connectivity index (χ2v) is 7.20. The first-order chi connectivity index (χ1) is 15.0. The highest BCUT2D eigenvalue weighted by Crippen LogP contribution is 2.22. The molecular formula is C22H18ClFN4O3. The molecule has 0 fully saturated rings. The largest absolute Gasteiger partial charge is 0.496 e. The number of benzene rings is 2. The van der Waals surface area contributed by atoms with Crippen LogP contribution in [0.25, 0.3) is 16.8 Å². The van der Waals surface area contributed by atoms with E-state index in [1.165, 1.54) is 34.4 Å². The monoisotopic (exact) mass is 440 g/mol. The van der Waals surface area contributed by atoms with Crippen molar-refractivity contribution in [1.29, 1.82) is 0 Å². The van der Waals surface area contributed by atoms with Crippen LogP contribution in [0.5, 0.6) is 5.75 Å². The zero-order chi connectivity index (χ0) is 22.0. The van der Waals surface area contributed by atoms with Crippen molar-refractivity contribution in [3.05, 3.63) is 87.7 Å². The van der Waals surface area contributed by atoms with Crippen LogP contribution in [0, 0.1) is 5.82 Å². The fourth-order valence-corrected chi connectivity index (χ4v) is 3.38. The number of nitrogens with one attached hydrogen (secondary N) is 1. The van der Waals surface area contributed by atoms with Crippen LogP contribution in [-0.2, 0) is 6.54 Å². The van der Waals surface area contributed by atoms with Crippen molar-refractivity contribution < 1.29 is 13.9 Å². The fraction of sp³-hybridized carbons (Fsp3) is 0.136. The minimum absolute atomic E-state index is 0.226. The lowest BCUT2D eigenvalue weighted by molar-refractivity contribution is 0.0949. The second kappa shape index (κ2) is 8.61. The van der Waals surface area contributed by atoms with Crippen molar-refractivity contribution in [2.24, 2.45) is 0 Å². The molecule has 0 aliphatic carbocycles. The van der Waals surface area contributed by atoms with Crippen molar-refractivity contribution in [3.63, 3.8) is 0 Å². The first kappa shape index (κ1) is 20.6. The van der Waals surface area contributed by atoms with Gasteiger partial charge in [-0.1, -0.05) is 11.6 Å². The summed E-state index contributed by atoms with van der Waals surface area (Å²) in [6.45, 7) is 0.491. The zero-order valence-corrected chi connectivity index (χ0v) is 17.3. The summed E-state index contributed by atoms with van der Waals surface area (Å²) in [5.74, 6) is -0.281. The van der Waals surface area contributed by atoms with Gasteiger partial charge in [0.15, 0.2) is 0 Å². The van der Waals surface area contributed by atoms with Crippen LogP contribution >= 0.6 is 11.6 Å². The van der Waals surface area contributed by atoms with E-state index >= 15 is 0 Å². The van der Waals surface area contributed by atoms with Gasteiger partial charge in [-0.3, -0.25) is 9.59 Å². The Balaban J connectivity index is 1.50. The summed E-state index contributed by atoms with van der Waals surface area (Å²) in [7, 11) is 1.47. The number of hydrogen-bond acceptors (Lipinski definition) is 4. The maximum absolute atomic E-state index is 13.1. The number of fused-ring (bicyclic) bond motifs is 1. The van der Waals surface area contributed by atoms with Gasteiger partial charge in [-0.2, -0.15) is 5.10 Å². The molecule has 7 nitrogen and oxygen atoms in total. The topological polar surface area (TPSA) is 77.6 Å². The van der Waals surface area contributed by atoms with Crippen LogP contribution in [0.3, 0.4) is 0 Å². The number of hydrogen-bond donors (Lipinski definition) is 1. The summed E-state index contributed by atoms with van der Waals surface area (Å²) in [4.78, 5) is 25.3. The molecule has 9 heteroatoms. The molecule has 0 saturated heterocycles. The summed E-state index contributed by atoms with van der Waals surface area (Å²) in [6, 6.07) is 12.3. The van der Waals surface area contributed by atoms with Crippen molar-refractivity contribution >= 4 is 23.0 Å². The van der Waals surface area contributed by atoms with Gasteiger partial charge in [-0.15, -0.1) is 0 Å². The summed E-state index contributed by atoms with van der Waals surface area (Å²) < 4.78 is 21.3. The second-order valence-electron chi connectivity index (χ2n) is 6.76. The van der Waals surface area contributed by atoms with E-state index in [1.54, 1.807) is 42.7 Å². The minimum Gasteiger partial charge on any atom is -0.496 e. The quantitative estimate of drug-likeness (QED) is 0.498. The van der Waals surface area contributed by atoms with Gasteiger partial charge < -0.3 is 14.6 Å². The van der Waals surface area contributed by atoms with Crippen molar-refractivity contribution in [2.45, 2.75) is 6.54 Å². The standard InChI is InChI=1S/C22H18ClFN4O3/c1-31-20-7-4-15(23)12-17(20)21(29)25-8-9-27-10-11-28-19(22(27)30)13-18(26-28)14-2-5-16(24)6-3-14/h2-7,10-13H,8-9H2,1H3,(H,25,29). The Labute approximate surface area is 181 Å². The molecule has 2 aromatic carbocycles. The molecule has 4 aromatic rings. The third-order valence-electron chi connectivity index (χ3n) is 4.79. The Hall–Kier alpha value is -3.65. The number of amides is 1. The first-order valence-corrected chi connectivity index (χ1v) is 9.80. The van der Waals surface area contributed by atoms with Gasteiger partial charge in [-0.25, -0.2) is 8.91 Å². The molecule has 0 spiro atoms. The molecule has 31 heavy (non-hydrogen) atoms. The van der Waals surface area contributed by atoms with E-state index in [0.29, 0.717) is 33.1 Å². The first-order valence-electron chi connectivity index (χ1n) is 9.43. The molecule has 1 amide bonds. The summed E-state index contributed by atoms with van der Waals surface area (Å²) in [6.07, 6.45) is 3.26. The molecule has 2 aromatic heterocycles. The van der Waals surface area contributed by atoms with E-state index in [-0.39, 0.29) is 30.4 Å². The molecule has 0 radical (unpaired) electrons. The molecular weight excluding hydrogens is 423 g/mol.